The highest BCUT2D eigenvalue weighted by Gasteiger charge is 2.33. The van der Waals surface area contributed by atoms with Crippen molar-refractivity contribution in [2.75, 3.05) is 6.54 Å². The third-order valence-electron chi connectivity index (χ3n) is 5.47. The fourth-order valence-corrected chi connectivity index (χ4v) is 3.95. The van der Waals surface area contributed by atoms with Crippen LogP contribution in [0.2, 0.25) is 0 Å². The van der Waals surface area contributed by atoms with Gasteiger partial charge in [0.05, 0.1) is 22.8 Å². The van der Waals surface area contributed by atoms with Crippen molar-refractivity contribution >= 4 is 17.1 Å². The summed E-state index contributed by atoms with van der Waals surface area (Å²) >= 11 is 0. The molecule has 1 amide bonds. The number of hydrogen-bond acceptors (Lipinski definition) is 4. The molecule has 0 radical (unpaired) electrons. The van der Waals surface area contributed by atoms with E-state index in [2.05, 4.69) is 16.0 Å². The fraction of sp³-hybridized carbons (Fsp3) is 0.208. The molecule has 0 aliphatic carbocycles. The minimum absolute atomic E-state index is 0.0982. The van der Waals surface area contributed by atoms with Crippen LogP contribution in [0.5, 0.6) is 0 Å². The Bertz CT molecular complexity index is 1160. The standard InChI is InChI=1S/C24H22N4O2/c29-24(30-16-17-7-2-1-3-8-17)28-14-6-10-22(28)23-26-20-12-11-18(15-21(20)27-23)19-9-4-5-13-25-19/h1-5,7-9,11-13,15,22H,6,10,14,16H2,(H,26,27). The first kappa shape index (κ1) is 18.4. The van der Waals surface area contributed by atoms with E-state index in [-0.39, 0.29) is 18.7 Å². The number of aromatic nitrogens is 3. The van der Waals surface area contributed by atoms with E-state index in [9.17, 15) is 4.79 Å². The summed E-state index contributed by atoms with van der Waals surface area (Å²) < 4.78 is 5.55. The lowest BCUT2D eigenvalue weighted by Gasteiger charge is -2.22. The van der Waals surface area contributed by atoms with Crippen LogP contribution in [0.25, 0.3) is 22.3 Å². The summed E-state index contributed by atoms with van der Waals surface area (Å²) in [5, 5.41) is 0. The Hall–Kier alpha value is -3.67. The first-order chi connectivity index (χ1) is 14.8. The maximum Gasteiger partial charge on any atom is 0.410 e. The van der Waals surface area contributed by atoms with E-state index in [0.29, 0.717) is 6.54 Å². The lowest BCUT2D eigenvalue weighted by Crippen LogP contribution is -2.31. The maximum atomic E-state index is 12.7. The van der Waals surface area contributed by atoms with Gasteiger partial charge in [0, 0.05) is 18.3 Å². The van der Waals surface area contributed by atoms with Gasteiger partial charge in [0.1, 0.15) is 12.4 Å². The highest BCUT2D eigenvalue weighted by molar-refractivity contribution is 5.81. The Kier molecular flexibility index (Phi) is 4.89. The van der Waals surface area contributed by atoms with Crippen LogP contribution in [0.4, 0.5) is 4.79 Å². The molecule has 0 saturated carbocycles. The van der Waals surface area contributed by atoms with E-state index in [1.807, 2.05) is 60.7 Å². The number of amides is 1. The van der Waals surface area contributed by atoms with Gasteiger partial charge in [-0.2, -0.15) is 0 Å². The van der Waals surface area contributed by atoms with Gasteiger partial charge in [-0.15, -0.1) is 0 Å². The van der Waals surface area contributed by atoms with E-state index in [0.717, 1.165) is 46.5 Å². The van der Waals surface area contributed by atoms with Crippen molar-refractivity contribution in [1.29, 1.82) is 0 Å². The number of benzene rings is 2. The molecule has 1 saturated heterocycles. The van der Waals surface area contributed by atoms with Crippen molar-refractivity contribution in [3.63, 3.8) is 0 Å². The van der Waals surface area contributed by atoms with Gasteiger partial charge in [-0.1, -0.05) is 42.5 Å². The molecule has 6 nitrogen and oxygen atoms in total. The zero-order chi connectivity index (χ0) is 20.3. The lowest BCUT2D eigenvalue weighted by molar-refractivity contribution is 0.0910. The Labute approximate surface area is 174 Å². The quantitative estimate of drug-likeness (QED) is 0.519. The first-order valence-corrected chi connectivity index (χ1v) is 10.2. The zero-order valence-electron chi connectivity index (χ0n) is 16.5. The van der Waals surface area contributed by atoms with E-state index in [4.69, 9.17) is 9.72 Å². The van der Waals surface area contributed by atoms with E-state index in [1.165, 1.54) is 0 Å². The molecule has 1 aliphatic heterocycles. The third-order valence-corrected chi connectivity index (χ3v) is 5.47. The molecule has 0 bridgehead atoms. The van der Waals surface area contributed by atoms with Gasteiger partial charge in [-0.05, 0) is 42.7 Å². The Morgan fingerprint density at radius 2 is 1.97 bits per heavy atom. The molecule has 0 spiro atoms. The average Bonchev–Trinajstić information content (AvgIpc) is 3.45. The highest BCUT2D eigenvalue weighted by atomic mass is 16.6. The summed E-state index contributed by atoms with van der Waals surface area (Å²) in [6.45, 7) is 0.949. The molecule has 1 aliphatic rings. The van der Waals surface area contributed by atoms with Crippen LogP contribution in [-0.2, 0) is 11.3 Å². The second-order valence-electron chi connectivity index (χ2n) is 7.46. The number of likely N-dealkylation sites (tertiary alicyclic amines) is 1. The topological polar surface area (TPSA) is 71.1 Å². The van der Waals surface area contributed by atoms with Crippen molar-refractivity contribution in [2.45, 2.75) is 25.5 Å². The van der Waals surface area contributed by atoms with Gasteiger partial charge < -0.3 is 9.72 Å². The molecule has 1 atom stereocenters. The van der Waals surface area contributed by atoms with Crippen molar-refractivity contribution in [1.82, 2.24) is 19.9 Å². The van der Waals surface area contributed by atoms with E-state index < -0.39 is 0 Å². The number of carbonyl (C=O) groups excluding carboxylic acids is 1. The van der Waals surface area contributed by atoms with Crippen molar-refractivity contribution in [3.05, 3.63) is 84.3 Å². The fourth-order valence-electron chi connectivity index (χ4n) is 3.95. The van der Waals surface area contributed by atoms with E-state index in [1.54, 1.807) is 11.1 Å². The molecular formula is C24H22N4O2. The van der Waals surface area contributed by atoms with Crippen LogP contribution < -0.4 is 0 Å². The maximum absolute atomic E-state index is 12.7. The number of H-pyrrole nitrogens is 1. The van der Waals surface area contributed by atoms with Crippen LogP contribution in [0.3, 0.4) is 0 Å². The number of imidazole rings is 1. The van der Waals surface area contributed by atoms with Crippen LogP contribution in [-0.4, -0.2) is 32.5 Å². The van der Waals surface area contributed by atoms with Crippen LogP contribution in [0.1, 0.15) is 30.3 Å². The van der Waals surface area contributed by atoms with Crippen LogP contribution in [0, 0.1) is 0 Å². The summed E-state index contributed by atoms with van der Waals surface area (Å²) in [7, 11) is 0. The molecule has 3 heterocycles. The predicted octanol–water partition coefficient (Wildman–Crippen LogP) is 5.10. The molecule has 30 heavy (non-hydrogen) atoms. The molecule has 6 heteroatoms. The van der Waals surface area contributed by atoms with Crippen molar-refractivity contribution in [2.24, 2.45) is 0 Å². The summed E-state index contributed by atoms with van der Waals surface area (Å²) in [6.07, 6.45) is 3.29. The Morgan fingerprint density at radius 3 is 2.80 bits per heavy atom. The second-order valence-corrected chi connectivity index (χ2v) is 7.46. The summed E-state index contributed by atoms with van der Waals surface area (Å²) in [4.78, 5) is 27.1. The SMILES string of the molecule is O=C(OCc1ccccc1)N1CCCC1c1nc2ccc(-c3ccccn3)cc2[nH]1. The minimum Gasteiger partial charge on any atom is -0.445 e. The molecular weight excluding hydrogens is 376 g/mol. The number of aromatic amines is 1. The van der Waals surface area contributed by atoms with Gasteiger partial charge in [-0.25, -0.2) is 9.78 Å². The van der Waals surface area contributed by atoms with Gasteiger partial charge in [0.25, 0.3) is 0 Å². The first-order valence-electron chi connectivity index (χ1n) is 10.2. The third kappa shape index (κ3) is 3.64. The van der Waals surface area contributed by atoms with Gasteiger partial charge in [-0.3, -0.25) is 9.88 Å². The van der Waals surface area contributed by atoms with Crippen LogP contribution >= 0.6 is 0 Å². The number of hydrogen-bond donors (Lipinski definition) is 1. The zero-order valence-corrected chi connectivity index (χ0v) is 16.5. The number of carbonyl (C=O) groups is 1. The number of fused-ring (bicyclic) bond motifs is 1. The number of ether oxygens (including phenoxy) is 1. The Balaban J connectivity index is 1.35. The number of nitrogens with zero attached hydrogens (tertiary/aromatic N) is 3. The minimum atomic E-state index is -0.295. The second kappa shape index (κ2) is 7.99. The summed E-state index contributed by atoms with van der Waals surface area (Å²) in [5.41, 5.74) is 4.76. The normalized spacial score (nSPS) is 16.1. The molecule has 4 aromatic rings. The molecule has 2 aromatic carbocycles. The molecule has 5 rings (SSSR count). The number of nitrogens with one attached hydrogen (secondary N) is 1. The highest BCUT2D eigenvalue weighted by Crippen LogP contribution is 2.32. The molecule has 2 aromatic heterocycles. The van der Waals surface area contributed by atoms with Gasteiger partial charge in [0.2, 0.25) is 0 Å². The number of rotatable bonds is 4. The van der Waals surface area contributed by atoms with E-state index >= 15 is 0 Å². The Morgan fingerprint density at radius 1 is 1.10 bits per heavy atom. The summed E-state index contributed by atoms with van der Waals surface area (Å²) in [6, 6.07) is 21.6. The largest absolute Gasteiger partial charge is 0.445 e. The van der Waals surface area contributed by atoms with Gasteiger partial charge >= 0.3 is 6.09 Å². The average molecular weight is 398 g/mol. The van der Waals surface area contributed by atoms with Gasteiger partial charge in [0.15, 0.2) is 0 Å². The van der Waals surface area contributed by atoms with Crippen molar-refractivity contribution in [3.8, 4) is 11.3 Å². The van der Waals surface area contributed by atoms with Crippen LogP contribution in [0.15, 0.2) is 72.9 Å². The molecule has 150 valence electrons. The summed E-state index contributed by atoms with van der Waals surface area (Å²) in [5.74, 6) is 0.803. The molecule has 1 N–H and O–H groups in total. The molecule has 1 fully saturated rings. The van der Waals surface area contributed by atoms with Crippen molar-refractivity contribution < 1.29 is 9.53 Å². The monoisotopic (exact) mass is 398 g/mol. The lowest BCUT2D eigenvalue weighted by atomic mass is 10.1. The number of pyridine rings is 1. The predicted molar refractivity (Wildman–Crippen MR) is 115 cm³/mol. The molecule has 1 unspecified atom stereocenters. The smallest absolute Gasteiger partial charge is 0.410 e.